The van der Waals surface area contributed by atoms with Crippen LogP contribution >= 0.6 is 24.7 Å². The van der Waals surface area contributed by atoms with E-state index in [4.69, 9.17) is 5.22 Å². The summed E-state index contributed by atoms with van der Waals surface area (Å²) in [4.78, 5) is 0. The quantitative estimate of drug-likeness (QED) is 0.167. The summed E-state index contributed by atoms with van der Waals surface area (Å²) in [5.74, 6) is 0. The Morgan fingerprint density at radius 1 is 1.75 bits per heavy atom. The zero-order chi connectivity index (χ0) is 10.2. The molecule has 2 N–H and O–H groups in total. The summed E-state index contributed by atoms with van der Waals surface area (Å²) in [5.41, 5.74) is 2.56. The molecule has 74 valence electrons. The molecule has 0 rings (SSSR count). The molecule has 0 heterocycles. The van der Waals surface area contributed by atoms with E-state index in [0.717, 1.165) is 6.54 Å². The molecule has 0 aromatic carbocycles. The van der Waals surface area contributed by atoms with E-state index < -0.39 is 24.5 Å². The van der Waals surface area contributed by atoms with Crippen molar-refractivity contribution in [3.05, 3.63) is 12.2 Å². The van der Waals surface area contributed by atoms with Gasteiger partial charge in [-0.15, -0.1) is 0 Å². The van der Waals surface area contributed by atoms with Gasteiger partial charge in [0.1, 0.15) is 0 Å². The van der Waals surface area contributed by atoms with Crippen LogP contribution < -0.4 is 32.6 Å². The van der Waals surface area contributed by atoms with Crippen LogP contribution in [0.4, 0.5) is 0 Å². The van der Waals surface area contributed by atoms with Crippen LogP contribution in [-0.2, 0) is 9.19 Å². The number of hydroxylamine groups is 1. The van der Waals surface area contributed by atoms with Gasteiger partial charge in [0.2, 0.25) is 0 Å². The van der Waals surface area contributed by atoms with Crippen LogP contribution in [0.5, 0.6) is 0 Å². The fourth-order valence-corrected chi connectivity index (χ4v) is 1.51. The van der Waals surface area contributed by atoms with Gasteiger partial charge in [0.15, 0.2) is 0 Å². The summed E-state index contributed by atoms with van der Waals surface area (Å²) < 4.78 is 20.4. The van der Waals surface area contributed by atoms with Gasteiger partial charge in [0, 0.05) is 0 Å². The van der Waals surface area contributed by atoms with Gasteiger partial charge in [0.25, 0.3) is 0 Å². The maximum absolute atomic E-state index is 11.2. The molecule has 0 aromatic heterocycles. The first-order valence-electron chi connectivity index (χ1n) is 3.64. The molecule has 0 aliphatic carbocycles. The second-order valence-electron chi connectivity index (χ2n) is 1.88. The molecule has 0 aliphatic heterocycles. The van der Waals surface area contributed by atoms with Gasteiger partial charge < -0.3 is 0 Å². The predicted molar refractivity (Wildman–Crippen MR) is 55.2 cm³/mol. The molecular weight excluding hydrogens is 405 g/mol. The molecule has 0 amide bonds. The van der Waals surface area contributed by atoms with Gasteiger partial charge in [-0.3, -0.25) is 0 Å². The van der Waals surface area contributed by atoms with E-state index in [1.807, 2.05) is 19.2 Å². The van der Waals surface area contributed by atoms with E-state index in [2.05, 4.69) is 10.8 Å². The van der Waals surface area contributed by atoms with Gasteiger partial charge >= 0.3 is 99.4 Å². The number of halogens is 2. The fraction of sp³-hybridized carbons (Fsp3) is 0.600. The van der Waals surface area contributed by atoms with E-state index in [0.29, 0.717) is 6.54 Å². The van der Waals surface area contributed by atoms with Crippen LogP contribution in [0.1, 0.15) is 0 Å². The molecule has 1 unspecified atom stereocenters. The first-order chi connectivity index (χ1) is 6.12. The van der Waals surface area contributed by atoms with E-state index in [-0.39, 0.29) is 0 Å². The minimum absolute atomic E-state index is 0.512. The Balaban J connectivity index is 3.40. The molecule has 1 atom stereocenters. The molecule has 0 fully saturated rings. The third-order valence-electron chi connectivity index (χ3n) is 0.861. The van der Waals surface area contributed by atoms with Crippen molar-refractivity contribution < 1.29 is 31.0 Å². The zero-order valence-electron chi connectivity index (χ0n) is 7.59. The molecule has 4 nitrogen and oxygen atoms in total. The van der Waals surface area contributed by atoms with E-state index in [9.17, 15) is 4.57 Å². The number of hydrogen-bond donors (Lipinski definition) is 2. The van der Waals surface area contributed by atoms with Crippen LogP contribution in [-0.4, -0.2) is 20.7 Å². The van der Waals surface area contributed by atoms with Crippen LogP contribution in [0.2, 0.25) is 0 Å². The molecule has 0 spiro atoms. The molecular formula is C5H12I2N2O2P-. The first-order valence-corrected chi connectivity index (χ1v) is 10.5. The van der Waals surface area contributed by atoms with E-state index >= 15 is 0 Å². The van der Waals surface area contributed by atoms with Crippen molar-refractivity contribution in [3.63, 3.8) is 0 Å². The van der Waals surface area contributed by atoms with Crippen molar-refractivity contribution >= 4 is 24.7 Å². The Bertz CT molecular complexity index is 205. The third-order valence-corrected chi connectivity index (χ3v) is 2.38. The standard InChI is InChI=1S/C5H12I2N2O2P/c1-8-4-2-3-5-9-11-12(6,7)10/h2-3,6,8-9H,4-5H2,1H3/q-1/b3-2+/i6D. The summed E-state index contributed by atoms with van der Waals surface area (Å²) in [6.45, 7) is 1.31. The van der Waals surface area contributed by atoms with Crippen LogP contribution in [0.25, 0.3) is 0 Å². The molecule has 0 radical (unpaired) electrons. The summed E-state index contributed by atoms with van der Waals surface area (Å²) in [7, 11) is 1.86. The van der Waals surface area contributed by atoms with Gasteiger partial charge in [-0.2, -0.15) is 0 Å². The average molecular weight is 418 g/mol. The summed E-state index contributed by atoms with van der Waals surface area (Å²) >= 11 is 0.607. The molecule has 0 aliphatic rings. The Hall–Kier alpha value is 1.31. The van der Waals surface area contributed by atoms with Crippen molar-refractivity contribution in [1.29, 1.82) is 0.594 Å². The third kappa shape index (κ3) is 11.3. The molecule has 12 heavy (non-hydrogen) atoms. The molecule has 0 saturated heterocycles. The van der Waals surface area contributed by atoms with E-state index in [1.54, 1.807) is 22.0 Å². The molecule has 0 bridgehead atoms. The number of nitrogens with one attached hydrogen (secondary N) is 2. The maximum atomic E-state index is 11.2. The fourth-order valence-electron chi connectivity index (χ4n) is 0.445. The van der Waals surface area contributed by atoms with Crippen molar-refractivity contribution in [2.24, 2.45) is 0 Å². The topological polar surface area (TPSA) is 50.4 Å². The second kappa shape index (κ2) is 7.69. The summed E-state index contributed by atoms with van der Waals surface area (Å²) in [6, 6.07) is 0. The summed E-state index contributed by atoms with van der Waals surface area (Å²) in [6.07, 6.45) is 3.81. The van der Waals surface area contributed by atoms with Crippen LogP contribution in [0.15, 0.2) is 12.2 Å². The average Bonchev–Trinajstić information content (AvgIpc) is 2.11. The molecule has 7 heteroatoms. The van der Waals surface area contributed by atoms with Gasteiger partial charge in [0.05, 0.1) is 0 Å². The number of rotatable bonds is 7. The van der Waals surface area contributed by atoms with Crippen molar-refractivity contribution in [2.45, 2.75) is 0 Å². The zero-order valence-corrected chi connectivity index (χ0v) is 11.8. The molecule has 0 aromatic rings. The van der Waals surface area contributed by atoms with Crippen LogP contribution in [0.3, 0.4) is 0 Å². The predicted octanol–water partition coefficient (Wildman–Crippen LogP) is -1.89. The first kappa shape index (κ1) is 11.4. The Morgan fingerprint density at radius 2 is 2.42 bits per heavy atom. The summed E-state index contributed by atoms with van der Waals surface area (Å²) in [5, 5.41) is 2.95. The van der Waals surface area contributed by atoms with Gasteiger partial charge in [-0.05, 0) is 0 Å². The van der Waals surface area contributed by atoms with Crippen molar-refractivity contribution in [1.82, 2.24) is 10.8 Å². The van der Waals surface area contributed by atoms with Crippen molar-refractivity contribution in [3.8, 4) is 0 Å². The normalized spacial score (nSPS) is 18.0. The van der Waals surface area contributed by atoms with Gasteiger partial charge in [-0.25, -0.2) is 0 Å². The van der Waals surface area contributed by atoms with E-state index in [1.165, 1.54) is 0 Å². The van der Waals surface area contributed by atoms with Crippen LogP contribution in [0, 0.1) is 0 Å². The van der Waals surface area contributed by atoms with Crippen molar-refractivity contribution in [2.75, 3.05) is 20.1 Å². The second-order valence-corrected chi connectivity index (χ2v) is 16.1. The number of hydrogen-bond acceptors (Lipinski definition) is 4. The number of likely N-dealkylation sites (N-methyl/N-ethyl adjacent to an activating group) is 1. The Kier molecular flexibility index (Phi) is 7.30. The monoisotopic (exact) mass is 418 g/mol. The minimum atomic E-state index is -2.64. The Labute approximate surface area is 98.7 Å². The SMILES string of the molecule is [2H][I-]P(=O)(I)ONC/C=C/CNC. The molecule has 0 saturated carbocycles. The van der Waals surface area contributed by atoms with Gasteiger partial charge in [-0.1, -0.05) is 0 Å². The Morgan fingerprint density at radius 3 is 3.00 bits per heavy atom.